The number of rotatable bonds is 37. The number of carboxylic acids is 1. The zero-order valence-electron chi connectivity index (χ0n) is 36.0. The van der Waals surface area contributed by atoms with Crippen LogP contribution in [0, 0.1) is 0 Å². The van der Waals surface area contributed by atoms with Gasteiger partial charge in [-0.3, -0.25) is 9.59 Å². The summed E-state index contributed by atoms with van der Waals surface area (Å²) in [5.41, 5.74) is 0. The van der Waals surface area contributed by atoms with Gasteiger partial charge in [-0.25, -0.2) is 0 Å². The number of hydrogen-bond donors (Lipinski definition) is 0. The van der Waals surface area contributed by atoms with Gasteiger partial charge in [0.05, 0.1) is 40.3 Å². The van der Waals surface area contributed by atoms with Crippen LogP contribution in [0.5, 0.6) is 0 Å². The van der Waals surface area contributed by atoms with E-state index in [0.717, 1.165) is 83.5 Å². The Balaban J connectivity index is 4.34. The summed E-state index contributed by atoms with van der Waals surface area (Å²) in [6, 6.07) is -0.737. The first-order valence-electron chi connectivity index (χ1n) is 21.6. The summed E-state index contributed by atoms with van der Waals surface area (Å²) in [6.07, 6.45) is 49.1. The lowest BCUT2D eigenvalue weighted by Crippen LogP contribution is -2.55. The van der Waals surface area contributed by atoms with E-state index in [1.807, 2.05) is 0 Å². The van der Waals surface area contributed by atoms with Crippen molar-refractivity contribution in [2.75, 3.05) is 41.0 Å². The maximum atomic E-state index is 12.6. The minimum Gasteiger partial charge on any atom is -0.544 e. The Morgan fingerprint density at radius 2 is 1.02 bits per heavy atom. The van der Waals surface area contributed by atoms with Gasteiger partial charge in [0.1, 0.15) is 12.6 Å². The molecular formula is C48H79NO7. The third-order valence-electron chi connectivity index (χ3n) is 9.02. The van der Waals surface area contributed by atoms with Crippen molar-refractivity contribution in [3.63, 3.8) is 0 Å². The van der Waals surface area contributed by atoms with Crippen LogP contribution in [-0.4, -0.2) is 75.5 Å². The van der Waals surface area contributed by atoms with Crippen molar-refractivity contribution in [1.82, 2.24) is 0 Å². The molecule has 0 fully saturated rings. The van der Waals surface area contributed by atoms with Crippen molar-refractivity contribution >= 4 is 17.9 Å². The highest BCUT2D eigenvalue weighted by Gasteiger charge is 2.25. The molecule has 0 amide bonds. The highest BCUT2D eigenvalue weighted by Crippen LogP contribution is 2.11. The zero-order valence-corrected chi connectivity index (χ0v) is 36.0. The topological polar surface area (TPSA) is 102 Å². The van der Waals surface area contributed by atoms with Gasteiger partial charge in [-0.05, 0) is 83.5 Å². The van der Waals surface area contributed by atoms with Gasteiger partial charge in [-0.2, -0.15) is 0 Å². The van der Waals surface area contributed by atoms with Crippen LogP contribution in [0.15, 0.2) is 85.1 Å². The van der Waals surface area contributed by atoms with E-state index < -0.39 is 18.1 Å². The van der Waals surface area contributed by atoms with Crippen molar-refractivity contribution in [2.24, 2.45) is 0 Å². The second-order valence-corrected chi connectivity index (χ2v) is 15.2. The Kier molecular flexibility index (Phi) is 36.0. The van der Waals surface area contributed by atoms with Crippen molar-refractivity contribution < 1.29 is 38.2 Å². The van der Waals surface area contributed by atoms with Crippen LogP contribution in [0.3, 0.4) is 0 Å². The third-order valence-corrected chi connectivity index (χ3v) is 9.02. The number of aliphatic carboxylic acids is 1. The van der Waals surface area contributed by atoms with E-state index in [4.69, 9.17) is 14.2 Å². The second kappa shape index (κ2) is 38.4. The van der Waals surface area contributed by atoms with Gasteiger partial charge in [0.25, 0.3) is 0 Å². The molecule has 0 bridgehead atoms. The third kappa shape index (κ3) is 36.2. The number of allylic oxidation sites excluding steroid dienone is 14. The van der Waals surface area contributed by atoms with Gasteiger partial charge in [0.2, 0.25) is 0 Å². The first-order valence-corrected chi connectivity index (χ1v) is 21.6. The van der Waals surface area contributed by atoms with Crippen LogP contribution in [0.25, 0.3) is 0 Å². The van der Waals surface area contributed by atoms with Crippen molar-refractivity contribution in [3.05, 3.63) is 85.1 Å². The molecule has 2 atom stereocenters. The lowest BCUT2D eigenvalue weighted by atomic mass is 10.1. The molecule has 0 saturated carbocycles. The molecule has 0 aliphatic carbocycles. The molecule has 0 heterocycles. The summed E-state index contributed by atoms with van der Waals surface area (Å²) < 4.78 is 17.0. The van der Waals surface area contributed by atoms with E-state index in [9.17, 15) is 19.5 Å². The summed E-state index contributed by atoms with van der Waals surface area (Å²) in [5.74, 6) is -1.83. The molecule has 0 aromatic rings. The summed E-state index contributed by atoms with van der Waals surface area (Å²) >= 11 is 0. The Morgan fingerprint density at radius 1 is 0.554 bits per heavy atom. The van der Waals surface area contributed by atoms with Crippen LogP contribution >= 0.6 is 0 Å². The molecule has 0 rings (SSSR count). The molecule has 0 spiro atoms. The minimum absolute atomic E-state index is 0.0161. The molecule has 0 aromatic carbocycles. The standard InChI is InChI=1S/C48H79NO7/c1-6-8-10-12-14-16-17-18-19-20-21-22-23-24-25-26-27-28-29-31-32-34-36-38-46(50)55-43-44(42-54-41-40-45(48(52)53)49(3,4)5)56-47(51)39-37-35-33-30-15-13-11-9-7-2/h8,10,14,16,18-19,21-22,24-25,27-28,30,33,44-45H,6-7,9,11-13,15,17,20,23,26,29,31-32,34-43H2,1-5H3/b10-8+,16-14+,19-18+,22-21+,25-24+,28-27+,33-30+. The predicted octanol–water partition coefficient (Wildman–Crippen LogP) is 10.4. The fourth-order valence-electron chi connectivity index (χ4n) is 5.66. The van der Waals surface area contributed by atoms with E-state index in [1.165, 1.54) is 25.7 Å². The predicted molar refractivity (Wildman–Crippen MR) is 231 cm³/mol. The fourth-order valence-corrected chi connectivity index (χ4v) is 5.66. The summed E-state index contributed by atoms with van der Waals surface area (Å²) in [6.45, 7) is 4.43. The molecule has 8 heteroatoms. The van der Waals surface area contributed by atoms with Gasteiger partial charge in [-0.1, -0.05) is 131 Å². The minimum atomic E-state index is -1.14. The Labute approximate surface area is 342 Å². The van der Waals surface area contributed by atoms with E-state index in [1.54, 1.807) is 21.1 Å². The largest absolute Gasteiger partial charge is 0.544 e. The summed E-state index contributed by atoms with van der Waals surface area (Å²) in [4.78, 5) is 36.7. The van der Waals surface area contributed by atoms with E-state index >= 15 is 0 Å². The van der Waals surface area contributed by atoms with Crippen molar-refractivity contribution in [1.29, 1.82) is 0 Å². The lowest BCUT2D eigenvalue weighted by Gasteiger charge is -2.34. The maximum absolute atomic E-state index is 12.6. The first-order chi connectivity index (χ1) is 27.1. The molecule has 0 aliphatic rings. The van der Waals surface area contributed by atoms with E-state index in [-0.39, 0.29) is 49.1 Å². The maximum Gasteiger partial charge on any atom is 0.306 e. The number of nitrogens with zero attached hydrogens (tertiary/aromatic N) is 1. The number of carbonyl (C=O) groups is 3. The monoisotopic (exact) mass is 782 g/mol. The smallest absolute Gasteiger partial charge is 0.306 e. The van der Waals surface area contributed by atoms with Gasteiger partial charge < -0.3 is 28.6 Å². The zero-order chi connectivity index (χ0) is 41.4. The number of quaternary nitrogens is 1. The molecule has 2 unspecified atom stereocenters. The highest BCUT2D eigenvalue weighted by atomic mass is 16.6. The Bertz CT molecular complexity index is 1190. The van der Waals surface area contributed by atoms with Crippen LogP contribution in [0.2, 0.25) is 0 Å². The number of ether oxygens (including phenoxy) is 3. The molecule has 0 aliphatic heterocycles. The van der Waals surface area contributed by atoms with Crippen LogP contribution < -0.4 is 5.11 Å². The van der Waals surface area contributed by atoms with Crippen molar-refractivity contribution in [2.45, 2.75) is 161 Å². The molecule has 0 aromatic heterocycles. The average Bonchev–Trinajstić information content (AvgIpc) is 3.15. The fraction of sp³-hybridized carbons (Fsp3) is 0.646. The quantitative estimate of drug-likeness (QED) is 0.0268. The van der Waals surface area contributed by atoms with Gasteiger partial charge in [0, 0.05) is 19.3 Å². The summed E-state index contributed by atoms with van der Waals surface area (Å²) in [5, 5.41) is 11.6. The average molecular weight is 782 g/mol. The molecule has 0 saturated heterocycles. The molecule has 8 nitrogen and oxygen atoms in total. The first kappa shape index (κ1) is 52.5. The van der Waals surface area contributed by atoms with Gasteiger partial charge >= 0.3 is 11.9 Å². The SMILES string of the molecule is CC/C=C/C/C=C/C/C=C/C/C=C/C/C=C/C/C=C/CCCCCCC(=O)OCC(COCCC(C(=O)[O-])[N+](C)(C)C)OC(=O)CCC/C=C/CCCCCC. The molecule has 56 heavy (non-hydrogen) atoms. The van der Waals surface area contributed by atoms with Crippen LogP contribution in [0.4, 0.5) is 0 Å². The number of carboxylic acid groups (broad SMARTS) is 1. The number of unbranched alkanes of at least 4 members (excludes halogenated alkanes) is 9. The van der Waals surface area contributed by atoms with Gasteiger partial charge in [-0.15, -0.1) is 0 Å². The highest BCUT2D eigenvalue weighted by molar-refractivity contribution is 5.70. The molecular weight excluding hydrogens is 703 g/mol. The summed E-state index contributed by atoms with van der Waals surface area (Å²) in [7, 11) is 5.37. The molecule has 0 radical (unpaired) electrons. The number of carbonyl (C=O) groups excluding carboxylic acids is 3. The van der Waals surface area contributed by atoms with E-state index in [2.05, 4.69) is 98.9 Å². The lowest BCUT2D eigenvalue weighted by molar-refractivity contribution is -0.889. The number of esters is 2. The number of likely N-dealkylation sites (N-methyl/N-ethyl adjacent to an activating group) is 1. The number of hydrogen-bond acceptors (Lipinski definition) is 7. The van der Waals surface area contributed by atoms with Crippen LogP contribution in [-0.2, 0) is 28.6 Å². The second-order valence-electron chi connectivity index (χ2n) is 15.2. The Hall–Kier alpha value is -3.49. The van der Waals surface area contributed by atoms with Gasteiger partial charge in [0.15, 0.2) is 6.10 Å². The normalized spacial score (nSPS) is 13.8. The van der Waals surface area contributed by atoms with E-state index in [0.29, 0.717) is 12.8 Å². The van der Waals surface area contributed by atoms with Crippen LogP contribution in [0.1, 0.15) is 149 Å². The Morgan fingerprint density at radius 3 is 1.54 bits per heavy atom. The molecule has 0 N–H and O–H groups in total. The van der Waals surface area contributed by atoms with Crippen molar-refractivity contribution in [3.8, 4) is 0 Å². The molecule has 318 valence electrons.